The van der Waals surface area contributed by atoms with Crippen LogP contribution in [-0.2, 0) is 0 Å². The van der Waals surface area contributed by atoms with Gasteiger partial charge in [0.15, 0.2) is 0 Å². The van der Waals surface area contributed by atoms with E-state index in [4.69, 9.17) is 11.6 Å². The third-order valence-corrected chi connectivity index (χ3v) is 4.19. The first kappa shape index (κ1) is 14.3. The van der Waals surface area contributed by atoms with Crippen LogP contribution in [0, 0.1) is 16.0 Å². The van der Waals surface area contributed by atoms with E-state index in [1.54, 1.807) is 12.1 Å². The van der Waals surface area contributed by atoms with Crippen molar-refractivity contribution in [3.8, 4) is 0 Å². The minimum atomic E-state index is -0.436. The second-order valence-corrected chi connectivity index (χ2v) is 5.63. The van der Waals surface area contributed by atoms with Crippen molar-refractivity contribution >= 4 is 11.6 Å². The Hall–Kier alpha value is -1.13. The third kappa shape index (κ3) is 3.67. The Bertz CT molecular complexity index is 435. The van der Waals surface area contributed by atoms with E-state index in [2.05, 4.69) is 0 Å². The lowest BCUT2D eigenvalue weighted by Gasteiger charge is -2.32. The quantitative estimate of drug-likeness (QED) is 0.681. The van der Waals surface area contributed by atoms with Crippen molar-refractivity contribution in [1.29, 1.82) is 0 Å². The van der Waals surface area contributed by atoms with E-state index in [9.17, 15) is 15.2 Å². The molecular weight excluding hydrogens is 266 g/mol. The SMILES string of the molecule is O=[N+]([O-])C[C@@H](c1ccc(Cl)cc1)C1CCCC[C@@H]1O. The average molecular weight is 284 g/mol. The van der Waals surface area contributed by atoms with Crippen LogP contribution in [-0.4, -0.2) is 22.7 Å². The zero-order valence-electron chi connectivity index (χ0n) is 10.7. The van der Waals surface area contributed by atoms with Gasteiger partial charge in [-0.3, -0.25) is 10.1 Å². The van der Waals surface area contributed by atoms with Crippen molar-refractivity contribution < 1.29 is 10.0 Å². The highest BCUT2D eigenvalue weighted by molar-refractivity contribution is 6.30. The Morgan fingerprint density at radius 3 is 2.53 bits per heavy atom. The molecule has 5 heteroatoms. The van der Waals surface area contributed by atoms with Crippen molar-refractivity contribution in [2.45, 2.75) is 37.7 Å². The molecule has 0 aromatic heterocycles. The fourth-order valence-electron chi connectivity index (χ4n) is 2.97. The Labute approximate surface area is 117 Å². The molecule has 2 rings (SSSR count). The second-order valence-electron chi connectivity index (χ2n) is 5.19. The van der Waals surface area contributed by atoms with Gasteiger partial charge in [0.25, 0.3) is 0 Å². The van der Waals surface area contributed by atoms with Gasteiger partial charge in [-0.15, -0.1) is 0 Å². The maximum atomic E-state index is 10.9. The zero-order chi connectivity index (χ0) is 13.8. The summed E-state index contributed by atoms with van der Waals surface area (Å²) >= 11 is 5.85. The number of hydrogen-bond donors (Lipinski definition) is 1. The monoisotopic (exact) mass is 283 g/mol. The molecule has 1 fully saturated rings. The minimum absolute atomic E-state index is 0.0275. The van der Waals surface area contributed by atoms with Crippen molar-refractivity contribution in [3.05, 3.63) is 45.0 Å². The van der Waals surface area contributed by atoms with Gasteiger partial charge in [0.05, 0.1) is 12.0 Å². The molecule has 1 unspecified atom stereocenters. The van der Waals surface area contributed by atoms with Crippen LogP contribution >= 0.6 is 11.6 Å². The Kier molecular flexibility index (Phi) is 4.77. The number of rotatable bonds is 4. The first-order chi connectivity index (χ1) is 9.08. The summed E-state index contributed by atoms with van der Waals surface area (Å²) in [5.74, 6) is -0.261. The van der Waals surface area contributed by atoms with E-state index in [1.807, 2.05) is 12.1 Å². The molecule has 1 aromatic carbocycles. The number of hydrogen-bond acceptors (Lipinski definition) is 3. The van der Waals surface area contributed by atoms with Gasteiger partial charge in [0.1, 0.15) is 0 Å². The molecule has 3 atom stereocenters. The van der Waals surface area contributed by atoms with Gasteiger partial charge < -0.3 is 5.11 Å². The molecule has 1 aliphatic rings. The molecule has 0 aliphatic heterocycles. The summed E-state index contributed by atoms with van der Waals surface area (Å²) in [5.41, 5.74) is 0.895. The number of nitro groups is 1. The number of benzene rings is 1. The molecular formula is C14H18ClNO3. The van der Waals surface area contributed by atoms with E-state index in [0.717, 1.165) is 31.2 Å². The molecule has 0 saturated heterocycles. The van der Waals surface area contributed by atoms with E-state index in [0.29, 0.717) is 5.02 Å². The Balaban J connectivity index is 2.24. The highest BCUT2D eigenvalue weighted by Gasteiger charge is 2.34. The summed E-state index contributed by atoms with van der Waals surface area (Å²) in [6.45, 7) is -0.136. The summed E-state index contributed by atoms with van der Waals surface area (Å²) in [4.78, 5) is 10.6. The molecule has 1 aromatic rings. The van der Waals surface area contributed by atoms with Crippen LogP contribution in [0.5, 0.6) is 0 Å². The van der Waals surface area contributed by atoms with Gasteiger partial charge in [-0.25, -0.2) is 0 Å². The van der Waals surface area contributed by atoms with Crippen LogP contribution in [0.3, 0.4) is 0 Å². The standard InChI is InChI=1S/C14H18ClNO3/c15-11-7-5-10(6-8-11)13(9-16(18)19)12-3-1-2-4-14(12)17/h5-8,12-14,17H,1-4,9H2/t12?,13-,14-/m0/s1. The Morgan fingerprint density at radius 1 is 1.32 bits per heavy atom. The van der Waals surface area contributed by atoms with Gasteiger partial charge in [-0.2, -0.15) is 0 Å². The van der Waals surface area contributed by atoms with Crippen LogP contribution in [0.1, 0.15) is 37.2 Å². The van der Waals surface area contributed by atoms with Gasteiger partial charge in [0.2, 0.25) is 6.54 Å². The molecule has 1 aliphatic carbocycles. The van der Waals surface area contributed by atoms with Crippen molar-refractivity contribution in [2.24, 2.45) is 5.92 Å². The lowest BCUT2D eigenvalue weighted by atomic mass is 9.75. The van der Waals surface area contributed by atoms with Gasteiger partial charge in [0, 0.05) is 9.95 Å². The maximum absolute atomic E-state index is 10.9. The lowest BCUT2D eigenvalue weighted by Crippen LogP contribution is -2.33. The topological polar surface area (TPSA) is 63.4 Å². The fourth-order valence-corrected chi connectivity index (χ4v) is 3.09. The molecule has 104 valence electrons. The summed E-state index contributed by atoms with van der Waals surface area (Å²) in [7, 11) is 0. The molecule has 19 heavy (non-hydrogen) atoms. The largest absolute Gasteiger partial charge is 0.393 e. The molecule has 1 saturated carbocycles. The van der Waals surface area contributed by atoms with Crippen molar-refractivity contribution in [3.63, 3.8) is 0 Å². The highest BCUT2D eigenvalue weighted by Crippen LogP contribution is 2.36. The summed E-state index contributed by atoms with van der Waals surface area (Å²) < 4.78 is 0. The number of nitrogens with zero attached hydrogens (tertiary/aromatic N) is 1. The maximum Gasteiger partial charge on any atom is 0.211 e. The highest BCUT2D eigenvalue weighted by atomic mass is 35.5. The van der Waals surface area contributed by atoms with Crippen molar-refractivity contribution in [2.75, 3.05) is 6.54 Å². The summed E-state index contributed by atoms with van der Waals surface area (Å²) in [6.07, 6.45) is 3.19. The Morgan fingerprint density at radius 2 is 1.95 bits per heavy atom. The number of halogens is 1. The van der Waals surface area contributed by atoms with E-state index in [-0.39, 0.29) is 23.3 Å². The molecule has 0 radical (unpaired) electrons. The zero-order valence-corrected chi connectivity index (χ0v) is 11.4. The molecule has 0 spiro atoms. The van der Waals surface area contributed by atoms with Crippen LogP contribution in [0.25, 0.3) is 0 Å². The molecule has 0 heterocycles. The smallest absolute Gasteiger partial charge is 0.211 e. The van der Waals surface area contributed by atoms with Gasteiger partial charge in [-0.1, -0.05) is 36.6 Å². The predicted molar refractivity (Wildman–Crippen MR) is 74.0 cm³/mol. The van der Waals surface area contributed by atoms with Crippen LogP contribution < -0.4 is 0 Å². The van der Waals surface area contributed by atoms with Gasteiger partial charge in [-0.05, 0) is 36.5 Å². The van der Waals surface area contributed by atoms with E-state index >= 15 is 0 Å². The average Bonchev–Trinajstić information content (AvgIpc) is 2.38. The van der Waals surface area contributed by atoms with Crippen molar-refractivity contribution in [1.82, 2.24) is 0 Å². The third-order valence-electron chi connectivity index (χ3n) is 3.94. The van der Waals surface area contributed by atoms with Gasteiger partial charge >= 0.3 is 0 Å². The lowest BCUT2D eigenvalue weighted by molar-refractivity contribution is -0.485. The normalized spacial score (nSPS) is 24.9. The van der Waals surface area contributed by atoms with Crippen LogP contribution in [0.4, 0.5) is 0 Å². The van der Waals surface area contributed by atoms with Crippen LogP contribution in [0.2, 0.25) is 5.02 Å². The number of aliphatic hydroxyl groups is 1. The molecule has 1 N–H and O–H groups in total. The molecule has 0 bridgehead atoms. The fraction of sp³-hybridized carbons (Fsp3) is 0.571. The molecule has 4 nitrogen and oxygen atoms in total. The minimum Gasteiger partial charge on any atom is -0.393 e. The summed E-state index contributed by atoms with van der Waals surface area (Å²) in [6, 6.07) is 7.16. The predicted octanol–water partition coefficient (Wildman–Crippen LogP) is 3.25. The van der Waals surface area contributed by atoms with E-state index < -0.39 is 6.10 Å². The first-order valence-corrected chi connectivity index (χ1v) is 7.01. The van der Waals surface area contributed by atoms with E-state index in [1.165, 1.54) is 0 Å². The number of aliphatic hydroxyl groups excluding tert-OH is 1. The second kappa shape index (κ2) is 6.35. The van der Waals surface area contributed by atoms with Crippen LogP contribution in [0.15, 0.2) is 24.3 Å². The molecule has 0 amide bonds. The summed E-state index contributed by atoms with van der Waals surface area (Å²) in [5, 5.41) is 21.6. The first-order valence-electron chi connectivity index (χ1n) is 6.63.